The van der Waals surface area contributed by atoms with Crippen molar-refractivity contribution < 1.29 is 13.5 Å². The molecule has 0 fully saturated rings. The molecule has 0 aromatic carbocycles. The van der Waals surface area contributed by atoms with E-state index < -0.39 is 13.0 Å². The Hall–Kier alpha value is -1.01. The van der Waals surface area contributed by atoms with Crippen molar-refractivity contribution in [3.05, 3.63) is 17.0 Å². The van der Waals surface area contributed by atoms with Gasteiger partial charge >= 0.3 is 0 Å². The van der Waals surface area contributed by atoms with E-state index in [0.29, 0.717) is 23.9 Å². The van der Waals surface area contributed by atoms with Crippen LogP contribution in [0.3, 0.4) is 0 Å². The lowest BCUT2D eigenvalue weighted by molar-refractivity contribution is 0.0214. The Kier molecular flexibility index (Phi) is 6.07. The number of anilines is 1. The van der Waals surface area contributed by atoms with Crippen molar-refractivity contribution in [3.8, 4) is 0 Å². The molecule has 1 heterocycles. The van der Waals surface area contributed by atoms with Crippen molar-refractivity contribution >= 4 is 17.4 Å². The molecule has 7 heteroatoms. The van der Waals surface area contributed by atoms with Gasteiger partial charge in [-0.05, 0) is 6.42 Å². The number of aromatic nitrogens is 2. The van der Waals surface area contributed by atoms with Crippen LogP contribution in [0.5, 0.6) is 0 Å². The quantitative estimate of drug-likeness (QED) is 0.607. The number of alkyl halides is 2. The molecule has 96 valence electrons. The lowest BCUT2D eigenvalue weighted by Gasteiger charge is -2.10. The highest BCUT2D eigenvalue weighted by Gasteiger charge is 2.07. The van der Waals surface area contributed by atoms with Gasteiger partial charge in [-0.1, -0.05) is 18.5 Å². The Morgan fingerprint density at radius 1 is 1.47 bits per heavy atom. The van der Waals surface area contributed by atoms with Gasteiger partial charge in [-0.15, -0.1) is 0 Å². The van der Waals surface area contributed by atoms with E-state index in [1.54, 1.807) is 0 Å². The van der Waals surface area contributed by atoms with E-state index in [9.17, 15) is 8.78 Å². The molecule has 1 aromatic heterocycles. The van der Waals surface area contributed by atoms with Crippen LogP contribution in [0.4, 0.5) is 14.6 Å². The smallest absolute Gasteiger partial charge is 0.261 e. The molecule has 17 heavy (non-hydrogen) atoms. The van der Waals surface area contributed by atoms with Crippen LogP contribution in [0.2, 0.25) is 5.15 Å². The molecule has 4 nitrogen and oxygen atoms in total. The summed E-state index contributed by atoms with van der Waals surface area (Å²) < 4.78 is 28.3. The van der Waals surface area contributed by atoms with E-state index in [2.05, 4.69) is 15.3 Å². The SMILES string of the molecule is CCc1c(Cl)ncnc1NCCOCC(F)F. The summed E-state index contributed by atoms with van der Waals surface area (Å²) in [7, 11) is 0. The fourth-order valence-electron chi connectivity index (χ4n) is 1.27. The van der Waals surface area contributed by atoms with E-state index in [1.807, 2.05) is 6.92 Å². The molecular weight excluding hydrogens is 252 g/mol. The predicted molar refractivity (Wildman–Crippen MR) is 61.7 cm³/mol. The van der Waals surface area contributed by atoms with Crippen LogP contribution in [0.15, 0.2) is 6.33 Å². The number of nitrogens with zero attached hydrogens (tertiary/aromatic N) is 2. The van der Waals surface area contributed by atoms with Gasteiger partial charge in [-0.2, -0.15) is 0 Å². The zero-order valence-corrected chi connectivity index (χ0v) is 10.2. The minimum Gasteiger partial charge on any atom is -0.374 e. The lowest BCUT2D eigenvalue weighted by Crippen LogP contribution is -2.14. The van der Waals surface area contributed by atoms with Crippen LogP contribution < -0.4 is 5.32 Å². The van der Waals surface area contributed by atoms with Gasteiger partial charge < -0.3 is 10.1 Å². The summed E-state index contributed by atoms with van der Waals surface area (Å²) in [5, 5.41) is 3.37. The van der Waals surface area contributed by atoms with Gasteiger partial charge in [0.1, 0.15) is 23.9 Å². The summed E-state index contributed by atoms with van der Waals surface area (Å²) in [6, 6.07) is 0. The van der Waals surface area contributed by atoms with Crippen molar-refractivity contribution in [2.45, 2.75) is 19.8 Å². The molecular formula is C10H14ClF2N3O. The van der Waals surface area contributed by atoms with Gasteiger partial charge in [0.2, 0.25) is 0 Å². The number of hydrogen-bond donors (Lipinski definition) is 1. The van der Waals surface area contributed by atoms with Crippen LogP contribution >= 0.6 is 11.6 Å². The Balaban J connectivity index is 2.39. The summed E-state index contributed by atoms with van der Waals surface area (Å²) in [6.45, 7) is 1.97. The fraction of sp³-hybridized carbons (Fsp3) is 0.600. The second-order valence-electron chi connectivity index (χ2n) is 3.24. The van der Waals surface area contributed by atoms with Crippen molar-refractivity contribution in [1.82, 2.24) is 9.97 Å². The maximum absolute atomic E-state index is 11.8. The zero-order valence-electron chi connectivity index (χ0n) is 9.42. The highest BCUT2D eigenvalue weighted by molar-refractivity contribution is 6.30. The van der Waals surface area contributed by atoms with E-state index in [4.69, 9.17) is 16.3 Å². The van der Waals surface area contributed by atoms with E-state index >= 15 is 0 Å². The third-order valence-corrected chi connectivity index (χ3v) is 2.35. The van der Waals surface area contributed by atoms with Gasteiger partial charge in [-0.25, -0.2) is 18.7 Å². The molecule has 0 amide bonds. The molecule has 0 unspecified atom stereocenters. The maximum atomic E-state index is 11.8. The Labute approximate surface area is 103 Å². The monoisotopic (exact) mass is 265 g/mol. The van der Waals surface area contributed by atoms with E-state index in [0.717, 1.165) is 5.56 Å². The third kappa shape index (κ3) is 4.79. The molecule has 0 atom stereocenters. The van der Waals surface area contributed by atoms with Crippen molar-refractivity contribution in [1.29, 1.82) is 0 Å². The maximum Gasteiger partial charge on any atom is 0.261 e. The summed E-state index contributed by atoms with van der Waals surface area (Å²) in [6.07, 6.45) is -0.390. The molecule has 1 aromatic rings. The standard InChI is InChI=1S/C10H14ClF2N3O/c1-2-7-9(11)15-6-16-10(7)14-3-4-17-5-8(12)13/h6,8H,2-5H2,1H3,(H,14,15,16). The molecule has 0 bridgehead atoms. The van der Waals surface area contributed by atoms with Gasteiger partial charge in [0.25, 0.3) is 6.43 Å². The van der Waals surface area contributed by atoms with Crippen LogP contribution in [0, 0.1) is 0 Å². The highest BCUT2D eigenvalue weighted by atomic mass is 35.5. The molecule has 0 radical (unpaired) electrons. The lowest BCUT2D eigenvalue weighted by atomic mass is 10.2. The highest BCUT2D eigenvalue weighted by Crippen LogP contribution is 2.19. The molecule has 1 N–H and O–H groups in total. The Bertz CT molecular complexity index is 352. The van der Waals surface area contributed by atoms with Crippen LogP contribution in [0.1, 0.15) is 12.5 Å². The van der Waals surface area contributed by atoms with Crippen molar-refractivity contribution in [3.63, 3.8) is 0 Å². The first-order valence-electron chi connectivity index (χ1n) is 5.24. The summed E-state index contributed by atoms with van der Waals surface area (Å²) in [5.41, 5.74) is 0.808. The third-order valence-electron chi connectivity index (χ3n) is 2.03. The number of rotatable bonds is 7. The zero-order chi connectivity index (χ0) is 12.7. The summed E-state index contributed by atoms with van der Waals surface area (Å²) >= 11 is 5.89. The van der Waals surface area contributed by atoms with Crippen LogP contribution in [-0.2, 0) is 11.2 Å². The molecule has 0 spiro atoms. The number of nitrogens with one attached hydrogen (secondary N) is 1. The van der Waals surface area contributed by atoms with Gasteiger partial charge in [-0.3, -0.25) is 0 Å². The van der Waals surface area contributed by atoms with Crippen molar-refractivity contribution in [2.75, 3.05) is 25.1 Å². The topological polar surface area (TPSA) is 47.0 Å². The van der Waals surface area contributed by atoms with Crippen LogP contribution in [0.25, 0.3) is 0 Å². The first-order valence-corrected chi connectivity index (χ1v) is 5.62. The second kappa shape index (κ2) is 7.34. The largest absolute Gasteiger partial charge is 0.374 e. The first kappa shape index (κ1) is 14.1. The predicted octanol–water partition coefficient (Wildman–Crippen LogP) is 2.39. The molecule has 0 aliphatic heterocycles. The molecule has 0 aliphatic rings. The number of ether oxygens (including phenoxy) is 1. The summed E-state index contributed by atoms with van der Waals surface area (Å²) in [5.74, 6) is 0.619. The summed E-state index contributed by atoms with van der Waals surface area (Å²) in [4.78, 5) is 7.89. The number of hydrogen-bond acceptors (Lipinski definition) is 4. The number of halogens is 3. The normalized spacial score (nSPS) is 10.9. The molecule has 0 saturated heterocycles. The van der Waals surface area contributed by atoms with Crippen LogP contribution in [-0.4, -0.2) is 36.2 Å². The average Bonchev–Trinajstić information content (AvgIpc) is 2.28. The minimum atomic E-state index is -2.44. The van der Waals surface area contributed by atoms with E-state index in [-0.39, 0.29) is 6.61 Å². The minimum absolute atomic E-state index is 0.190. The molecule has 0 saturated carbocycles. The second-order valence-corrected chi connectivity index (χ2v) is 3.60. The van der Waals surface area contributed by atoms with Gasteiger partial charge in [0.15, 0.2) is 0 Å². The average molecular weight is 266 g/mol. The molecule has 1 rings (SSSR count). The fourth-order valence-corrected chi connectivity index (χ4v) is 1.54. The Morgan fingerprint density at radius 3 is 2.88 bits per heavy atom. The Morgan fingerprint density at radius 2 is 2.24 bits per heavy atom. The van der Waals surface area contributed by atoms with Gasteiger partial charge in [0, 0.05) is 12.1 Å². The van der Waals surface area contributed by atoms with E-state index in [1.165, 1.54) is 6.33 Å². The van der Waals surface area contributed by atoms with Gasteiger partial charge in [0.05, 0.1) is 6.61 Å². The molecule has 0 aliphatic carbocycles. The first-order chi connectivity index (χ1) is 8.15. The van der Waals surface area contributed by atoms with Crippen molar-refractivity contribution in [2.24, 2.45) is 0 Å².